The molecule has 2 aliphatic heterocycles. The van der Waals surface area contributed by atoms with Gasteiger partial charge in [0.2, 0.25) is 5.78 Å². The first-order valence-corrected chi connectivity index (χ1v) is 9.53. The number of hydrogen-bond acceptors (Lipinski definition) is 5. The number of nitrogens with zero attached hydrogens (tertiary/aromatic N) is 2. The number of rotatable bonds is 3. The van der Waals surface area contributed by atoms with Crippen LogP contribution in [0.5, 0.6) is 0 Å². The van der Waals surface area contributed by atoms with Crippen LogP contribution in [0.2, 0.25) is 0 Å². The van der Waals surface area contributed by atoms with Gasteiger partial charge in [-0.3, -0.25) is 14.8 Å². The molecule has 2 N–H and O–H groups in total. The third kappa shape index (κ3) is 2.28. The number of aromatic amines is 1. The van der Waals surface area contributed by atoms with Crippen LogP contribution in [0.15, 0.2) is 29.6 Å². The maximum Gasteiger partial charge on any atom is 0.202 e. The monoisotopic (exact) mass is 352 g/mol. The predicted molar refractivity (Wildman–Crippen MR) is 100 cm³/mol. The van der Waals surface area contributed by atoms with Gasteiger partial charge in [0.15, 0.2) is 0 Å². The van der Waals surface area contributed by atoms with Crippen LogP contribution in [0.4, 0.5) is 0 Å². The van der Waals surface area contributed by atoms with Crippen molar-refractivity contribution in [1.82, 2.24) is 20.4 Å². The minimum atomic E-state index is -0.107. The summed E-state index contributed by atoms with van der Waals surface area (Å²) < 4.78 is 0. The van der Waals surface area contributed by atoms with Crippen molar-refractivity contribution in [2.75, 3.05) is 13.6 Å². The van der Waals surface area contributed by atoms with E-state index in [0.717, 1.165) is 29.4 Å². The first-order chi connectivity index (χ1) is 12.1. The highest BCUT2D eigenvalue weighted by Gasteiger charge is 2.48. The van der Waals surface area contributed by atoms with Crippen molar-refractivity contribution in [3.8, 4) is 10.4 Å². The lowest BCUT2D eigenvalue weighted by atomic mass is 10.00. The first kappa shape index (κ1) is 15.3. The molecular formula is C19H20N4OS. The van der Waals surface area contributed by atoms with Gasteiger partial charge in [-0.1, -0.05) is 6.07 Å². The van der Waals surface area contributed by atoms with E-state index in [4.69, 9.17) is 0 Å². The molecule has 2 bridgehead atoms. The number of H-pyrrole nitrogens is 1. The molecule has 25 heavy (non-hydrogen) atoms. The Hall–Kier alpha value is -2.02. The number of nitrogens with one attached hydrogen (secondary N) is 2. The van der Waals surface area contributed by atoms with Gasteiger partial charge in [-0.2, -0.15) is 5.10 Å². The van der Waals surface area contributed by atoms with Crippen molar-refractivity contribution < 1.29 is 4.79 Å². The molecule has 2 saturated heterocycles. The molecule has 128 valence electrons. The SMILES string of the molecule is Cc1csc(-c2ccc3c(C(=O)C4[C@H]5C[C@@H](CN5)N4C)n[nH]c3c2)c1. The van der Waals surface area contributed by atoms with Gasteiger partial charge in [0.25, 0.3) is 0 Å². The molecule has 3 atom stereocenters. The van der Waals surface area contributed by atoms with Crippen molar-refractivity contribution in [2.24, 2.45) is 0 Å². The van der Waals surface area contributed by atoms with Crippen LogP contribution in [-0.2, 0) is 0 Å². The number of carbonyl (C=O) groups excluding carboxylic acids is 1. The Balaban J connectivity index is 1.51. The molecule has 0 aliphatic carbocycles. The second-order valence-electron chi connectivity index (χ2n) is 7.20. The second-order valence-corrected chi connectivity index (χ2v) is 8.11. The van der Waals surface area contributed by atoms with E-state index in [1.165, 1.54) is 10.4 Å². The molecule has 0 amide bonds. The number of ketones is 1. The number of fused-ring (bicyclic) bond motifs is 3. The fraction of sp³-hybridized carbons (Fsp3) is 0.368. The van der Waals surface area contributed by atoms with Crippen molar-refractivity contribution in [1.29, 1.82) is 0 Å². The Labute approximate surface area is 150 Å². The van der Waals surface area contributed by atoms with Crippen LogP contribution in [0.1, 0.15) is 22.5 Å². The average molecular weight is 352 g/mol. The predicted octanol–water partition coefficient (Wildman–Crippen LogP) is 2.83. The van der Waals surface area contributed by atoms with Gasteiger partial charge in [0.1, 0.15) is 5.69 Å². The smallest absolute Gasteiger partial charge is 0.202 e. The molecule has 2 aromatic heterocycles. The zero-order valence-corrected chi connectivity index (χ0v) is 15.1. The van der Waals surface area contributed by atoms with Crippen LogP contribution in [-0.4, -0.2) is 52.6 Å². The Bertz CT molecular complexity index is 973. The molecule has 5 rings (SSSR count). The number of Topliss-reactive ketones (excluding diaryl/α,β-unsaturated/α-hetero) is 1. The van der Waals surface area contributed by atoms with E-state index in [2.05, 4.69) is 58.0 Å². The number of likely N-dealkylation sites (N-methyl/N-ethyl adjacent to an activating group) is 1. The van der Waals surface area contributed by atoms with Gasteiger partial charge < -0.3 is 5.32 Å². The highest BCUT2D eigenvalue weighted by atomic mass is 32.1. The maximum atomic E-state index is 13.1. The summed E-state index contributed by atoms with van der Waals surface area (Å²) in [7, 11) is 2.06. The normalized spacial score (nSPS) is 25.9. The molecule has 4 heterocycles. The third-order valence-electron chi connectivity index (χ3n) is 5.62. The third-order valence-corrected chi connectivity index (χ3v) is 6.71. The lowest BCUT2D eigenvalue weighted by Crippen LogP contribution is -2.53. The van der Waals surface area contributed by atoms with Crippen molar-refractivity contribution in [3.63, 3.8) is 0 Å². The largest absolute Gasteiger partial charge is 0.310 e. The number of benzene rings is 1. The van der Waals surface area contributed by atoms with E-state index in [1.807, 2.05) is 6.07 Å². The summed E-state index contributed by atoms with van der Waals surface area (Å²) in [5, 5.41) is 14.0. The van der Waals surface area contributed by atoms with Crippen LogP contribution in [0.25, 0.3) is 21.3 Å². The number of carbonyl (C=O) groups is 1. The van der Waals surface area contributed by atoms with E-state index in [1.54, 1.807) is 11.3 Å². The lowest BCUT2D eigenvalue weighted by Gasteiger charge is -2.30. The summed E-state index contributed by atoms with van der Waals surface area (Å²) in [5.41, 5.74) is 3.92. The fourth-order valence-electron chi connectivity index (χ4n) is 4.26. The molecule has 0 saturated carbocycles. The Morgan fingerprint density at radius 2 is 2.24 bits per heavy atom. The van der Waals surface area contributed by atoms with Crippen LogP contribution < -0.4 is 5.32 Å². The quantitative estimate of drug-likeness (QED) is 0.712. The van der Waals surface area contributed by atoms with E-state index in [-0.39, 0.29) is 17.9 Å². The molecule has 1 aromatic carbocycles. The molecule has 0 spiro atoms. The first-order valence-electron chi connectivity index (χ1n) is 8.65. The van der Waals surface area contributed by atoms with Gasteiger partial charge in [-0.05, 0) is 55.1 Å². The fourth-order valence-corrected chi connectivity index (χ4v) is 5.16. The van der Waals surface area contributed by atoms with Gasteiger partial charge in [-0.25, -0.2) is 0 Å². The van der Waals surface area contributed by atoms with Crippen molar-refractivity contribution in [2.45, 2.75) is 31.5 Å². The number of aromatic nitrogens is 2. The number of likely N-dealkylation sites (tertiary alicyclic amines) is 1. The van der Waals surface area contributed by atoms with Gasteiger partial charge >= 0.3 is 0 Å². The minimum Gasteiger partial charge on any atom is -0.310 e. The Morgan fingerprint density at radius 1 is 1.36 bits per heavy atom. The van der Waals surface area contributed by atoms with E-state index in [9.17, 15) is 4.79 Å². The van der Waals surface area contributed by atoms with Gasteiger partial charge in [-0.15, -0.1) is 11.3 Å². The maximum absolute atomic E-state index is 13.1. The number of hydrogen-bond donors (Lipinski definition) is 2. The Morgan fingerprint density at radius 3 is 2.96 bits per heavy atom. The van der Waals surface area contributed by atoms with Crippen LogP contribution in [0, 0.1) is 6.92 Å². The number of thiophene rings is 1. The average Bonchev–Trinajstić information content (AvgIpc) is 3.36. The van der Waals surface area contributed by atoms with E-state index in [0.29, 0.717) is 11.7 Å². The highest BCUT2D eigenvalue weighted by molar-refractivity contribution is 7.13. The summed E-state index contributed by atoms with van der Waals surface area (Å²) >= 11 is 1.74. The van der Waals surface area contributed by atoms with Crippen LogP contribution >= 0.6 is 11.3 Å². The second kappa shape index (κ2) is 5.49. The van der Waals surface area contributed by atoms with Gasteiger partial charge in [0, 0.05) is 28.9 Å². The topological polar surface area (TPSA) is 61.0 Å². The molecule has 5 nitrogen and oxygen atoms in total. The molecule has 2 aliphatic rings. The van der Waals surface area contributed by atoms with Gasteiger partial charge in [0.05, 0.1) is 11.6 Å². The van der Waals surface area contributed by atoms with Crippen LogP contribution in [0.3, 0.4) is 0 Å². The van der Waals surface area contributed by atoms with Crippen molar-refractivity contribution in [3.05, 3.63) is 40.9 Å². The molecule has 6 heteroatoms. The van der Waals surface area contributed by atoms with E-state index < -0.39 is 0 Å². The molecule has 3 aromatic rings. The highest BCUT2D eigenvalue weighted by Crippen LogP contribution is 2.33. The standard InChI is InChI=1S/C19H20N4OS/c1-10-5-16(25-9-10)11-3-4-13-14(6-11)21-22-17(13)19(24)18-15-7-12(8-20-15)23(18)2/h3-6,9,12,15,18,20H,7-8H2,1-2H3,(H,21,22)/t12-,15+,18?/m0/s1. The Kier molecular flexibility index (Phi) is 3.35. The number of aryl methyl sites for hydroxylation is 1. The molecule has 1 unspecified atom stereocenters. The van der Waals surface area contributed by atoms with E-state index >= 15 is 0 Å². The summed E-state index contributed by atoms with van der Waals surface area (Å²) in [5.74, 6) is 0.119. The minimum absolute atomic E-state index is 0.107. The number of piperazine rings is 1. The molecular weight excluding hydrogens is 332 g/mol. The summed E-state index contributed by atoms with van der Waals surface area (Å²) in [4.78, 5) is 16.6. The summed E-state index contributed by atoms with van der Waals surface area (Å²) in [6.07, 6.45) is 1.05. The summed E-state index contributed by atoms with van der Waals surface area (Å²) in [6.45, 7) is 3.08. The lowest BCUT2D eigenvalue weighted by molar-refractivity contribution is 0.0811. The van der Waals surface area contributed by atoms with Crippen molar-refractivity contribution >= 4 is 28.0 Å². The zero-order valence-electron chi connectivity index (χ0n) is 14.2. The molecule has 0 radical (unpaired) electrons. The summed E-state index contributed by atoms with van der Waals surface area (Å²) in [6, 6.07) is 9.00. The zero-order chi connectivity index (χ0) is 17.1. The molecule has 2 fully saturated rings.